The molecular weight excluding hydrogens is 384 g/mol. The number of nitrogens with zero attached hydrogens (tertiary/aromatic N) is 2. The van der Waals surface area contributed by atoms with Gasteiger partial charge < -0.3 is 15.5 Å². The van der Waals surface area contributed by atoms with Crippen molar-refractivity contribution in [3.05, 3.63) is 12.3 Å². The minimum Gasteiger partial charge on any atom is -0.389 e. The van der Waals surface area contributed by atoms with Crippen molar-refractivity contribution in [1.82, 2.24) is 20.6 Å². The van der Waals surface area contributed by atoms with Crippen LogP contribution >= 0.6 is 0 Å². The maximum Gasteiger partial charge on any atom is 0.242 e. The van der Waals surface area contributed by atoms with E-state index >= 15 is 0 Å². The lowest BCUT2D eigenvalue weighted by molar-refractivity contribution is -0.162. The van der Waals surface area contributed by atoms with Crippen LogP contribution in [0.1, 0.15) is 78.1 Å². The Balaban J connectivity index is 3.65. The van der Waals surface area contributed by atoms with Gasteiger partial charge in [0.15, 0.2) is 0 Å². The molecule has 0 aliphatic heterocycles. The van der Waals surface area contributed by atoms with Crippen LogP contribution in [0.15, 0.2) is 12.3 Å². The van der Waals surface area contributed by atoms with Gasteiger partial charge in [-0.3, -0.25) is 19.6 Å². The van der Waals surface area contributed by atoms with Crippen molar-refractivity contribution in [3.63, 3.8) is 0 Å². The molecule has 8 nitrogen and oxygen atoms in total. The summed E-state index contributed by atoms with van der Waals surface area (Å²) >= 11 is 0. The molecule has 0 heterocycles. The molecule has 0 rings (SSSR count). The lowest BCUT2D eigenvalue weighted by Crippen LogP contribution is -2.30. The Bertz CT molecular complexity index is 525. The maximum absolute atomic E-state index is 12.1. The molecule has 174 valence electrons. The molecule has 0 atom stereocenters. The van der Waals surface area contributed by atoms with Crippen molar-refractivity contribution in [2.45, 2.75) is 78.1 Å². The van der Waals surface area contributed by atoms with E-state index in [0.717, 1.165) is 57.2 Å². The van der Waals surface area contributed by atoms with Gasteiger partial charge in [-0.15, -0.1) is 0 Å². The van der Waals surface area contributed by atoms with Crippen LogP contribution in [0.25, 0.3) is 0 Å². The Kier molecular flexibility index (Phi) is 16.5. The van der Waals surface area contributed by atoms with Crippen molar-refractivity contribution in [1.29, 1.82) is 0 Å². The van der Waals surface area contributed by atoms with Gasteiger partial charge in [0.05, 0.1) is 0 Å². The molecule has 0 aromatic heterocycles. The SMILES string of the molecule is C=C(CCC)NCCCCCN(C)C(=O)CCC(=O)NCCCCCN(O)C(C)=O. The van der Waals surface area contributed by atoms with Crippen LogP contribution < -0.4 is 10.6 Å². The molecule has 30 heavy (non-hydrogen) atoms. The molecule has 0 aliphatic rings. The fourth-order valence-electron chi connectivity index (χ4n) is 2.88. The number of hydroxylamine groups is 2. The van der Waals surface area contributed by atoms with Crippen LogP contribution in [0, 0.1) is 0 Å². The largest absolute Gasteiger partial charge is 0.389 e. The van der Waals surface area contributed by atoms with Crippen LogP contribution in [0.2, 0.25) is 0 Å². The number of amides is 3. The molecule has 0 aliphatic carbocycles. The maximum atomic E-state index is 12.1. The first-order chi connectivity index (χ1) is 14.3. The highest BCUT2D eigenvalue weighted by molar-refractivity contribution is 5.83. The number of rotatable bonds is 18. The van der Waals surface area contributed by atoms with E-state index in [1.54, 1.807) is 11.9 Å². The first-order valence-electron chi connectivity index (χ1n) is 11.2. The number of carbonyl (C=O) groups excluding carboxylic acids is 3. The lowest BCUT2D eigenvalue weighted by Gasteiger charge is -2.17. The Morgan fingerprint density at radius 1 is 0.867 bits per heavy atom. The van der Waals surface area contributed by atoms with Gasteiger partial charge >= 0.3 is 0 Å². The summed E-state index contributed by atoms with van der Waals surface area (Å²) in [5.41, 5.74) is 1.09. The molecule has 0 saturated heterocycles. The Labute approximate surface area is 182 Å². The average molecular weight is 427 g/mol. The summed E-state index contributed by atoms with van der Waals surface area (Å²) in [6.07, 6.45) is 7.82. The predicted molar refractivity (Wildman–Crippen MR) is 119 cm³/mol. The molecule has 0 aromatic carbocycles. The van der Waals surface area contributed by atoms with Crippen molar-refractivity contribution in [2.75, 3.05) is 33.2 Å². The number of hydrogen-bond donors (Lipinski definition) is 3. The molecule has 0 bridgehead atoms. The van der Waals surface area contributed by atoms with Crippen molar-refractivity contribution in [3.8, 4) is 0 Å². The van der Waals surface area contributed by atoms with E-state index in [-0.39, 0.29) is 30.6 Å². The monoisotopic (exact) mass is 426 g/mol. The minimum absolute atomic E-state index is 0.00753. The average Bonchev–Trinajstić information content (AvgIpc) is 2.70. The standard InChI is InChI=1S/C22H42N4O4/c1-5-12-19(2)23-15-8-6-10-17-25(4)22(29)14-13-21(28)24-16-9-7-11-18-26(30)20(3)27/h23,30H,2,5-18H2,1,3-4H3,(H,24,28). The van der Waals surface area contributed by atoms with Gasteiger partial charge in [-0.2, -0.15) is 0 Å². The first-order valence-corrected chi connectivity index (χ1v) is 11.2. The van der Waals surface area contributed by atoms with E-state index < -0.39 is 0 Å². The summed E-state index contributed by atoms with van der Waals surface area (Å²) in [7, 11) is 1.78. The highest BCUT2D eigenvalue weighted by Crippen LogP contribution is 2.03. The van der Waals surface area contributed by atoms with Gasteiger partial charge in [-0.1, -0.05) is 19.9 Å². The van der Waals surface area contributed by atoms with Crippen molar-refractivity contribution < 1.29 is 19.6 Å². The van der Waals surface area contributed by atoms with Crippen molar-refractivity contribution >= 4 is 17.7 Å². The topological polar surface area (TPSA) is 102 Å². The zero-order valence-electron chi connectivity index (χ0n) is 19.2. The number of hydrogen-bond acceptors (Lipinski definition) is 5. The smallest absolute Gasteiger partial charge is 0.242 e. The normalized spacial score (nSPS) is 10.4. The second-order valence-corrected chi connectivity index (χ2v) is 7.71. The molecule has 8 heteroatoms. The van der Waals surface area contributed by atoms with Gasteiger partial charge in [0.2, 0.25) is 17.7 Å². The summed E-state index contributed by atoms with van der Waals surface area (Å²) in [4.78, 5) is 36.5. The second-order valence-electron chi connectivity index (χ2n) is 7.71. The molecule has 0 unspecified atom stereocenters. The van der Waals surface area contributed by atoms with Crippen LogP contribution in [-0.4, -0.2) is 66.1 Å². The van der Waals surface area contributed by atoms with E-state index in [1.165, 1.54) is 6.92 Å². The summed E-state index contributed by atoms with van der Waals surface area (Å²) in [6, 6.07) is 0. The highest BCUT2D eigenvalue weighted by atomic mass is 16.5. The Morgan fingerprint density at radius 2 is 1.47 bits per heavy atom. The van der Waals surface area contributed by atoms with Gasteiger partial charge in [-0.05, 0) is 44.9 Å². The number of allylic oxidation sites excluding steroid dienone is 1. The summed E-state index contributed by atoms with van der Waals surface area (Å²) < 4.78 is 0. The van der Waals surface area contributed by atoms with E-state index in [9.17, 15) is 19.6 Å². The molecule has 0 radical (unpaired) electrons. The summed E-state index contributed by atoms with van der Waals surface area (Å²) in [6.45, 7) is 9.88. The van der Waals surface area contributed by atoms with Crippen LogP contribution in [0.5, 0.6) is 0 Å². The molecule has 0 fully saturated rings. The first kappa shape index (κ1) is 27.9. The minimum atomic E-state index is -0.372. The van der Waals surface area contributed by atoms with Crippen molar-refractivity contribution in [2.24, 2.45) is 0 Å². The highest BCUT2D eigenvalue weighted by Gasteiger charge is 2.11. The molecule has 0 aromatic rings. The Morgan fingerprint density at radius 3 is 2.07 bits per heavy atom. The third-order valence-electron chi connectivity index (χ3n) is 4.82. The Hall–Kier alpha value is -2.09. The van der Waals surface area contributed by atoms with E-state index in [2.05, 4.69) is 24.1 Å². The van der Waals surface area contributed by atoms with Crippen LogP contribution in [0.4, 0.5) is 0 Å². The fraction of sp³-hybridized carbons (Fsp3) is 0.773. The fourth-order valence-corrected chi connectivity index (χ4v) is 2.88. The molecule has 0 saturated carbocycles. The molecular formula is C22H42N4O4. The van der Waals surface area contributed by atoms with Gasteiger partial charge in [0.25, 0.3) is 0 Å². The number of nitrogens with one attached hydrogen (secondary N) is 2. The van der Waals surface area contributed by atoms with E-state index in [1.807, 2.05) is 0 Å². The summed E-state index contributed by atoms with van der Waals surface area (Å²) in [5, 5.41) is 16.1. The second kappa shape index (κ2) is 17.7. The van der Waals surface area contributed by atoms with Crippen LogP contribution in [0.3, 0.4) is 0 Å². The quantitative estimate of drug-likeness (QED) is 0.178. The third kappa shape index (κ3) is 15.8. The number of carbonyl (C=O) groups is 3. The molecule has 3 amide bonds. The van der Waals surface area contributed by atoms with E-state index in [0.29, 0.717) is 31.1 Å². The molecule has 0 spiro atoms. The van der Waals surface area contributed by atoms with Gasteiger partial charge in [-0.25, -0.2) is 5.06 Å². The zero-order chi connectivity index (χ0) is 22.8. The zero-order valence-corrected chi connectivity index (χ0v) is 19.2. The van der Waals surface area contributed by atoms with Gasteiger partial charge in [0.1, 0.15) is 0 Å². The summed E-state index contributed by atoms with van der Waals surface area (Å²) in [5.74, 6) is -0.502. The van der Waals surface area contributed by atoms with E-state index in [4.69, 9.17) is 0 Å². The lowest BCUT2D eigenvalue weighted by atomic mass is 10.2. The van der Waals surface area contributed by atoms with Crippen LogP contribution in [-0.2, 0) is 14.4 Å². The number of unbranched alkanes of at least 4 members (excludes halogenated alkanes) is 4. The third-order valence-corrected chi connectivity index (χ3v) is 4.82. The van der Waals surface area contributed by atoms with Gasteiger partial charge in [0, 0.05) is 58.7 Å². The predicted octanol–water partition coefficient (Wildman–Crippen LogP) is 2.82. The molecule has 3 N–H and O–H groups in total.